The molecule has 0 atom stereocenters. The molecule has 1 aliphatic heterocycles. The molecule has 0 aromatic carbocycles. The number of hydrogen-bond acceptors (Lipinski definition) is 5. The number of methoxy groups -OCH3 is 1. The summed E-state index contributed by atoms with van der Waals surface area (Å²) in [5.74, 6) is -0.116. The van der Waals surface area contributed by atoms with Crippen LogP contribution in [0, 0.1) is 0 Å². The Bertz CT molecular complexity index is 375. The Hall–Kier alpha value is -0.660. The molecular weight excluding hydrogens is 256 g/mol. The van der Waals surface area contributed by atoms with Crippen molar-refractivity contribution in [2.75, 3.05) is 39.5 Å². The summed E-state index contributed by atoms with van der Waals surface area (Å²) in [5, 5.41) is 0. The molecule has 0 bridgehead atoms. The highest BCUT2D eigenvalue weighted by molar-refractivity contribution is 7.89. The van der Waals surface area contributed by atoms with Crippen LogP contribution in [-0.2, 0) is 19.6 Å². The van der Waals surface area contributed by atoms with Crippen molar-refractivity contribution in [2.24, 2.45) is 0 Å². The van der Waals surface area contributed by atoms with Crippen molar-refractivity contribution in [1.29, 1.82) is 0 Å². The van der Waals surface area contributed by atoms with E-state index < -0.39 is 10.0 Å². The first kappa shape index (κ1) is 15.4. The third kappa shape index (κ3) is 3.93. The van der Waals surface area contributed by atoms with Gasteiger partial charge in [0.25, 0.3) is 0 Å². The maximum absolute atomic E-state index is 11.7. The van der Waals surface area contributed by atoms with Gasteiger partial charge in [-0.3, -0.25) is 9.69 Å². The highest BCUT2D eigenvalue weighted by Crippen LogP contribution is 2.18. The second kappa shape index (κ2) is 6.49. The molecule has 7 heteroatoms. The lowest BCUT2D eigenvalue weighted by Crippen LogP contribution is -2.47. The third-order valence-corrected chi connectivity index (χ3v) is 5.36. The van der Waals surface area contributed by atoms with E-state index in [9.17, 15) is 13.2 Å². The number of rotatable bonds is 5. The monoisotopic (exact) mass is 278 g/mol. The van der Waals surface area contributed by atoms with Crippen LogP contribution in [0.15, 0.2) is 0 Å². The summed E-state index contributed by atoms with van der Waals surface area (Å²) in [6.07, 6.45) is 1.51. The van der Waals surface area contributed by atoms with E-state index in [2.05, 4.69) is 4.74 Å². The molecule has 0 aliphatic carbocycles. The van der Waals surface area contributed by atoms with Crippen molar-refractivity contribution in [3.63, 3.8) is 0 Å². The summed E-state index contributed by atoms with van der Waals surface area (Å²) in [6.45, 7) is 3.39. The second-order valence-corrected chi connectivity index (χ2v) is 6.82. The zero-order valence-electron chi connectivity index (χ0n) is 11.3. The lowest BCUT2D eigenvalue weighted by atomic mass is 10.1. The van der Waals surface area contributed by atoms with Crippen molar-refractivity contribution >= 4 is 16.0 Å². The maximum Gasteiger partial charge on any atom is 0.319 e. The minimum absolute atomic E-state index is 0.0452. The number of nitrogens with zero attached hydrogens (tertiary/aromatic N) is 2. The molecule has 0 spiro atoms. The molecule has 0 N–H and O–H groups in total. The Balaban J connectivity index is 2.47. The van der Waals surface area contributed by atoms with E-state index in [1.165, 1.54) is 11.4 Å². The Kier molecular flexibility index (Phi) is 5.55. The molecule has 0 radical (unpaired) electrons. The first-order chi connectivity index (χ1) is 8.40. The highest BCUT2D eigenvalue weighted by Gasteiger charge is 2.29. The predicted octanol–water partition coefficient (Wildman–Crippen LogP) is -0.0947. The first-order valence-corrected chi connectivity index (χ1v) is 7.76. The SMILES string of the molecule is CCS(=O)(=O)N(C)C1CCN(CC(=O)OC)CC1. The molecular formula is C11H22N2O4S. The highest BCUT2D eigenvalue weighted by atomic mass is 32.2. The Morgan fingerprint density at radius 2 is 1.94 bits per heavy atom. The van der Waals surface area contributed by atoms with Gasteiger partial charge in [0.2, 0.25) is 10.0 Å². The van der Waals surface area contributed by atoms with Crippen LogP contribution in [-0.4, -0.2) is 69.2 Å². The number of likely N-dealkylation sites (tertiary alicyclic amines) is 1. The lowest BCUT2D eigenvalue weighted by Gasteiger charge is -2.35. The smallest absolute Gasteiger partial charge is 0.319 e. The maximum atomic E-state index is 11.7. The summed E-state index contributed by atoms with van der Waals surface area (Å²) in [5.41, 5.74) is 0. The molecule has 1 aliphatic rings. The van der Waals surface area contributed by atoms with Gasteiger partial charge >= 0.3 is 5.97 Å². The van der Waals surface area contributed by atoms with Gasteiger partial charge < -0.3 is 4.74 Å². The number of ether oxygens (including phenoxy) is 1. The lowest BCUT2D eigenvalue weighted by molar-refractivity contribution is -0.142. The number of carbonyl (C=O) groups excluding carboxylic acids is 1. The largest absolute Gasteiger partial charge is 0.468 e. The molecule has 0 saturated carbocycles. The number of sulfonamides is 1. The van der Waals surface area contributed by atoms with E-state index in [0.717, 1.165) is 25.9 Å². The van der Waals surface area contributed by atoms with Gasteiger partial charge in [0.15, 0.2) is 0 Å². The Morgan fingerprint density at radius 1 is 1.39 bits per heavy atom. The number of piperidine rings is 1. The predicted molar refractivity (Wildman–Crippen MR) is 68.7 cm³/mol. The summed E-state index contributed by atoms with van der Waals surface area (Å²) >= 11 is 0. The van der Waals surface area contributed by atoms with Crippen LogP contribution in [0.1, 0.15) is 19.8 Å². The van der Waals surface area contributed by atoms with Crippen LogP contribution in [0.25, 0.3) is 0 Å². The normalized spacial score (nSPS) is 19.1. The standard InChI is InChI=1S/C11H22N2O4S/c1-4-18(15,16)12(2)10-5-7-13(8-6-10)9-11(14)17-3/h10H,4-9H2,1-3H3. The van der Waals surface area contributed by atoms with Crippen LogP contribution < -0.4 is 0 Å². The van der Waals surface area contributed by atoms with Crippen LogP contribution in [0.2, 0.25) is 0 Å². The molecule has 1 fully saturated rings. The molecule has 0 amide bonds. The number of hydrogen-bond donors (Lipinski definition) is 0. The molecule has 0 aromatic heterocycles. The van der Waals surface area contributed by atoms with E-state index in [0.29, 0.717) is 0 Å². The third-order valence-electron chi connectivity index (χ3n) is 3.46. The fourth-order valence-electron chi connectivity index (χ4n) is 2.12. The second-order valence-electron chi connectivity index (χ2n) is 4.50. The zero-order valence-corrected chi connectivity index (χ0v) is 12.1. The van der Waals surface area contributed by atoms with Gasteiger partial charge in [-0.15, -0.1) is 0 Å². The van der Waals surface area contributed by atoms with E-state index in [1.54, 1.807) is 14.0 Å². The topological polar surface area (TPSA) is 66.9 Å². The molecule has 6 nitrogen and oxygen atoms in total. The zero-order chi connectivity index (χ0) is 13.8. The quantitative estimate of drug-likeness (QED) is 0.657. The Labute approximate surface area is 109 Å². The molecule has 106 valence electrons. The first-order valence-electron chi connectivity index (χ1n) is 6.15. The molecule has 1 rings (SSSR count). The minimum Gasteiger partial charge on any atom is -0.468 e. The van der Waals surface area contributed by atoms with Gasteiger partial charge in [-0.25, -0.2) is 12.7 Å². The van der Waals surface area contributed by atoms with Crippen LogP contribution >= 0.6 is 0 Å². The molecule has 0 aromatic rings. The van der Waals surface area contributed by atoms with E-state index in [-0.39, 0.29) is 24.3 Å². The molecule has 1 saturated heterocycles. The molecule has 18 heavy (non-hydrogen) atoms. The summed E-state index contributed by atoms with van der Waals surface area (Å²) in [4.78, 5) is 13.1. The van der Waals surface area contributed by atoms with Gasteiger partial charge in [0, 0.05) is 26.2 Å². The number of esters is 1. The number of carbonyl (C=O) groups is 1. The van der Waals surface area contributed by atoms with Gasteiger partial charge in [-0.1, -0.05) is 0 Å². The van der Waals surface area contributed by atoms with Gasteiger partial charge in [-0.2, -0.15) is 0 Å². The minimum atomic E-state index is -3.12. The summed E-state index contributed by atoms with van der Waals surface area (Å²) in [6, 6.07) is 0.0452. The van der Waals surface area contributed by atoms with Crippen molar-refractivity contribution < 1.29 is 17.9 Å². The summed E-state index contributed by atoms with van der Waals surface area (Å²) < 4.78 is 29.6. The van der Waals surface area contributed by atoms with Crippen LogP contribution in [0.4, 0.5) is 0 Å². The van der Waals surface area contributed by atoms with Crippen LogP contribution in [0.5, 0.6) is 0 Å². The van der Waals surface area contributed by atoms with E-state index in [4.69, 9.17) is 0 Å². The van der Waals surface area contributed by atoms with Gasteiger partial charge in [0.1, 0.15) is 0 Å². The van der Waals surface area contributed by atoms with E-state index >= 15 is 0 Å². The van der Waals surface area contributed by atoms with Crippen molar-refractivity contribution in [1.82, 2.24) is 9.21 Å². The van der Waals surface area contributed by atoms with Crippen molar-refractivity contribution in [3.8, 4) is 0 Å². The average Bonchev–Trinajstić information content (AvgIpc) is 2.38. The fraction of sp³-hybridized carbons (Fsp3) is 0.909. The van der Waals surface area contributed by atoms with E-state index in [1.807, 2.05) is 4.90 Å². The average molecular weight is 278 g/mol. The van der Waals surface area contributed by atoms with Gasteiger partial charge in [0.05, 0.1) is 19.4 Å². The fourth-order valence-corrected chi connectivity index (χ4v) is 3.19. The van der Waals surface area contributed by atoms with Crippen molar-refractivity contribution in [3.05, 3.63) is 0 Å². The summed E-state index contributed by atoms with van der Waals surface area (Å²) in [7, 11) is -0.110. The Morgan fingerprint density at radius 3 is 2.39 bits per heavy atom. The van der Waals surface area contributed by atoms with Crippen LogP contribution in [0.3, 0.4) is 0 Å². The molecule has 1 heterocycles. The molecule has 0 unspecified atom stereocenters. The van der Waals surface area contributed by atoms with Crippen molar-refractivity contribution in [2.45, 2.75) is 25.8 Å². The van der Waals surface area contributed by atoms with Gasteiger partial charge in [-0.05, 0) is 19.8 Å².